The van der Waals surface area contributed by atoms with Crippen molar-refractivity contribution in [1.82, 2.24) is 14.9 Å². The predicted octanol–water partition coefficient (Wildman–Crippen LogP) is 2.84. The molecule has 0 aliphatic heterocycles. The first kappa shape index (κ1) is 18.1. The lowest BCUT2D eigenvalue weighted by Crippen LogP contribution is -2.23. The van der Waals surface area contributed by atoms with Crippen LogP contribution >= 0.6 is 0 Å². The van der Waals surface area contributed by atoms with Gasteiger partial charge in [-0.2, -0.15) is 4.98 Å². The normalized spacial score (nSPS) is 11.5. The summed E-state index contributed by atoms with van der Waals surface area (Å²) in [6.07, 6.45) is 0. The molecule has 0 aliphatic carbocycles. The van der Waals surface area contributed by atoms with Crippen molar-refractivity contribution in [3.63, 3.8) is 0 Å². The second kappa shape index (κ2) is 7.27. The lowest BCUT2D eigenvalue weighted by molar-refractivity contribution is 0.376. The molecule has 0 amide bonds. The molecule has 26 heavy (non-hydrogen) atoms. The number of nitrogens with zero attached hydrogens (tertiary/aromatic N) is 2. The highest BCUT2D eigenvalue weighted by molar-refractivity contribution is 7.89. The molecule has 0 radical (unpaired) electrons. The number of nitrogens with one attached hydrogen (secondary N) is 1. The van der Waals surface area contributed by atoms with Gasteiger partial charge in [0.1, 0.15) is 5.75 Å². The summed E-state index contributed by atoms with van der Waals surface area (Å²) in [5.41, 5.74) is 2.69. The summed E-state index contributed by atoms with van der Waals surface area (Å²) in [5, 5.41) is 3.88. The summed E-state index contributed by atoms with van der Waals surface area (Å²) in [7, 11) is -2.07. The van der Waals surface area contributed by atoms with Gasteiger partial charge in [0.15, 0.2) is 0 Å². The highest BCUT2D eigenvalue weighted by Gasteiger charge is 2.17. The monoisotopic (exact) mass is 373 g/mol. The van der Waals surface area contributed by atoms with E-state index in [-0.39, 0.29) is 17.3 Å². The van der Waals surface area contributed by atoms with Crippen LogP contribution in [0.3, 0.4) is 0 Å². The van der Waals surface area contributed by atoms with Crippen molar-refractivity contribution in [2.24, 2.45) is 0 Å². The second-order valence-electron chi connectivity index (χ2n) is 5.81. The molecule has 0 aliphatic rings. The smallest absolute Gasteiger partial charge is 0.242 e. The van der Waals surface area contributed by atoms with Crippen molar-refractivity contribution in [1.29, 1.82) is 0 Å². The number of sulfonamides is 1. The average Bonchev–Trinajstić information content (AvgIpc) is 3.11. The quantitative estimate of drug-likeness (QED) is 0.714. The molecule has 7 nitrogen and oxygen atoms in total. The molecule has 0 saturated carbocycles. The minimum absolute atomic E-state index is 0.0849. The zero-order chi connectivity index (χ0) is 18.7. The number of aryl methyl sites for hydroxylation is 2. The van der Waals surface area contributed by atoms with E-state index in [1.807, 2.05) is 13.8 Å². The number of ether oxygens (including phenoxy) is 1. The summed E-state index contributed by atoms with van der Waals surface area (Å²) in [5.74, 6) is 1.29. The van der Waals surface area contributed by atoms with Crippen LogP contribution in [0.2, 0.25) is 0 Å². The fraction of sp³-hybridized carbons (Fsp3) is 0.222. The molecule has 3 aromatic rings. The van der Waals surface area contributed by atoms with E-state index >= 15 is 0 Å². The van der Waals surface area contributed by atoms with E-state index in [0.717, 1.165) is 22.4 Å². The van der Waals surface area contributed by atoms with Crippen molar-refractivity contribution in [2.75, 3.05) is 7.11 Å². The van der Waals surface area contributed by atoms with Gasteiger partial charge < -0.3 is 9.26 Å². The van der Waals surface area contributed by atoms with E-state index in [0.29, 0.717) is 5.82 Å². The minimum Gasteiger partial charge on any atom is -0.497 e. The highest BCUT2D eigenvalue weighted by atomic mass is 32.2. The van der Waals surface area contributed by atoms with Gasteiger partial charge in [-0.15, -0.1) is 0 Å². The van der Waals surface area contributed by atoms with Crippen molar-refractivity contribution in [3.05, 3.63) is 59.5 Å². The summed E-state index contributed by atoms with van der Waals surface area (Å²) in [4.78, 5) is 4.42. The van der Waals surface area contributed by atoms with E-state index in [1.165, 1.54) is 0 Å². The van der Waals surface area contributed by atoms with Gasteiger partial charge in [0.2, 0.25) is 21.7 Å². The van der Waals surface area contributed by atoms with E-state index in [1.54, 1.807) is 49.6 Å². The molecule has 0 fully saturated rings. The molecule has 0 spiro atoms. The highest BCUT2D eigenvalue weighted by Crippen LogP contribution is 2.20. The van der Waals surface area contributed by atoms with Crippen molar-refractivity contribution < 1.29 is 17.7 Å². The predicted molar refractivity (Wildman–Crippen MR) is 96.2 cm³/mol. The second-order valence-corrected chi connectivity index (χ2v) is 7.58. The molecule has 1 aromatic heterocycles. The van der Waals surface area contributed by atoms with E-state index in [9.17, 15) is 8.42 Å². The Balaban J connectivity index is 1.71. The minimum atomic E-state index is -3.66. The fourth-order valence-electron chi connectivity index (χ4n) is 2.31. The average molecular weight is 373 g/mol. The summed E-state index contributed by atoms with van der Waals surface area (Å²) < 4.78 is 37.5. The van der Waals surface area contributed by atoms with Gasteiger partial charge in [-0.1, -0.05) is 11.2 Å². The lowest BCUT2D eigenvalue weighted by atomic mass is 10.1. The zero-order valence-electron chi connectivity index (χ0n) is 14.7. The topological polar surface area (TPSA) is 94.3 Å². The van der Waals surface area contributed by atoms with Crippen LogP contribution in [0, 0.1) is 13.8 Å². The molecular weight excluding hydrogens is 354 g/mol. The summed E-state index contributed by atoms with van der Waals surface area (Å²) in [6.45, 7) is 3.71. The van der Waals surface area contributed by atoms with E-state index in [4.69, 9.17) is 9.26 Å². The van der Waals surface area contributed by atoms with Gasteiger partial charge in [0.25, 0.3) is 0 Å². The van der Waals surface area contributed by atoms with Gasteiger partial charge >= 0.3 is 0 Å². The van der Waals surface area contributed by atoms with Gasteiger partial charge in [0.05, 0.1) is 18.6 Å². The maximum Gasteiger partial charge on any atom is 0.242 e. The molecule has 1 N–H and O–H groups in total. The van der Waals surface area contributed by atoms with Crippen molar-refractivity contribution in [3.8, 4) is 17.1 Å². The van der Waals surface area contributed by atoms with Crippen LogP contribution in [-0.2, 0) is 16.6 Å². The zero-order valence-corrected chi connectivity index (χ0v) is 15.5. The maximum absolute atomic E-state index is 12.4. The van der Waals surface area contributed by atoms with Crippen molar-refractivity contribution >= 4 is 10.0 Å². The summed E-state index contributed by atoms with van der Waals surface area (Å²) >= 11 is 0. The third kappa shape index (κ3) is 3.92. The Kier molecular flexibility index (Phi) is 5.06. The van der Waals surface area contributed by atoms with Gasteiger partial charge in [-0.3, -0.25) is 0 Å². The van der Waals surface area contributed by atoms with Crippen LogP contribution in [0.25, 0.3) is 11.4 Å². The Bertz CT molecular complexity index is 1010. The summed E-state index contributed by atoms with van der Waals surface area (Å²) in [6, 6.07) is 12.1. The largest absolute Gasteiger partial charge is 0.497 e. The molecule has 1 heterocycles. The molecule has 8 heteroatoms. The van der Waals surface area contributed by atoms with Gasteiger partial charge in [0, 0.05) is 5.56 Å². The Morgan fingerprint density at radius 3 is 2.46 bits per heavy atom. The van der Waals surface area contributed by atoms with Gasteiger partial charge in [-0.05, 0) is 61.4 Å². The molecule has 0 bridgehead atoms. The third-order valence-electron chi connectivity index (χ3n) is 4.02. The van der Waals surface area contributed by atoms with Crippen LogP contribution in [0.1, 0.15) is 17.0 Å². The lowest BCUT2D eigenvalue weighted by Gasteiger charge is -2.07. The molecule has 0 unspecified atom stereocenters. The van der Waals surface area contributed by atoms with Crippen molar-refractivity contribution in [2.45, 2.75) is 25.3 Å². The fourth-order valence-corrected chi connectivity index (χ4v) is 3.36. The number of hydrogen-bond donors (Lipinski definition) is 1. The molecular formula is C18H19N3O4S. The van der Waals surface area contributed by atoms with Gasteiger partial charge in [-0.25, -0.2) is 13.1 Å². The van der Waals surface area contributed by atoms with E-state index in [2.05, 4.69) is 14.9 Å². The standard InChI is InChI=1S/C18H19N3O4S/c1-12-4-9-16(10-13(12)2)26(22,23)19-11-17-20-18(21-25-17)14-5-7-15(24-3)8-6-14/h4-10,19H,11H2,1-3H3. The Morgan fingerprint density at radius 1 is 1.08 bits per heavy atom. The molecule has 3 rings (SSSR count). The first-order valence-electron chi connectivity index (χ1n) is 7.93. The van der Waals surface area contributed by atoms with Crippen LogP contribution in [0.15, 0.2) is 51.9 Å². The first-order chi connectivity index (χ1) is 12.4. The van der Waals surface area contributed by atoms with Crippen LogP contribution in [0.4, 0.5) is 0 Å². The van der Waals surface area contributed by atoms with Crippen LogP contribution in [0.5, 0.6) is 5.75 Å². The number of hydrogen-bond acceptors (Lipinski definition) is 6. The van der Waals surface area contributed by atoms with Crippen LogP contribution in [-0.4, -0.2) is 25.7 Å². The molecule has 2 aromatic carbocycles. The molecule has 0 atom stereocenters. The Hall–Kier alpha value is -2.71. The Labute approximate surface area is 152 Å². The maximum atomic E-state index is 12.4. The van der Waals surface area contributed by atoms with E-state index < -0.39 is 10.0 Å². The number of methoxy groups -OCH3 is 1. The van der Waals surface area contributed by atoms with Crippen LogP contribution < -0.4 is 9.46 Å². The SMILES string of the molecule is COc1ccc(-c2noc(CNS(=O)(=O)c3ccc(C)c(C)c3)n2)cc1. The number of aromatic nitrogens is 2. The Morgan fingerprint density at radius 2 is 1.81 bits per heavy atom. The third-order valence-corrected chi connectivity index (χ3v) is 5.42. The molecule has 136 valence electrons. The number of rotatable bonds is 6. The number of benzene rings is 2. The molecule has 0 saturated heterocycles. The first-order valence-corrected chi connectivity index (χ1v) is 9.41.